The van der Waals surface area contributed by atoms with Crippen LogP contribution in [0.3, 0.4) is 0 Å². The van der Waals surface area contributed by atoms with Crippen LogP contribution in [-0.2, 0) is 0 Å². The second kappa shape index (κ2) is 2.30. The van der Waals surface area contributed by atoms with Gasteiger partial charge < -0.3 is 5.11 Å². The fraction of sp³-hybridized carbons (Fsp3) is 0. The first kappa shape index (κ1) is 6.78. The van der Waals surface area contributed by atoms with E-state index in [1.54, 1.807) is 12.1 Å². The average molecular weight is 163 g/mol. The third kappa shape index (κ3) is 1.12. The van der Waals surface area contributed by atoms with Gasteiger partial charge in [-0.3, -0.25) is 0 Å². The summed E-state index contributed by atoms with van der Waals surface area (Å²) in [6.45, 7) is 0. The van der Waals surface area contributed by atoms with Gasteiger partial charge in [0.25, 0.3) is 0 Å². The Morgan fingerprint density at radius 1 is 1.25 bits per heavy atom. The molecule has 0 bridgehead atoms. The molecule has 1 aliphatic rings. The van der Waals surface area contributed by atoms with Gasteiger partial charge in [-0.2, -0.15) is 0 Å². The van der Waals surface area contributed by atoms with Crippen LogP contribution in [-0.4, -0.2) is 11.1 Å². The van der Waals surface area contributed by atoms with Gasteiger partial charge in [0.1, 0.15) is 0 Å². The maximum absolute atomic E-state index is 10.4. The average Bonchev–Trinajstić information content (AvgIpc) is 2.87. The van der Waals surface area contributed by atoms with Gasteiger partial charge in [0.2, 0.25) is 0 Å². The molecule has 1 aromatic carbocycles. The molecular formula is C7H5N3O2. The Bertz CT molecular complexity index is 338. The van der Waals surface area contributed by atoms with Gasteiger partial charge in [-0.25, -0.2) is 4.79 Å². The van der Waals surface area contributed by atoms with Gasteiger partial charge in [0, 0.05) is 0 Å². The molecule has 0 spiro atoms. The minimum atomic E-state index is -0.929. The van der Waals surface area contributed by atoms with E-state index in [-0.39, 0.29) is 5.56 Å². The van der Waals surface area contributed by atoms with E-state index in [4.69, 9.17) is 5.11 Å². The minimum Gasteiger partial charge on any atom is -0.478 e. The monoisotopic (exact) mass is 163 g/mol. The zero-order valence-electron chi connectivity index (χ0n) is 6.01. The highest BCUT2D eigenvalue weighted by atomic mass is 16.4. The van der Waals surface area contributed by atoms with Crippen LogP contribution in [0.15, 0.2) is 34.7 Å². The van der Waals surface area contributed by atoms with Crippen LogP contribution in [0, 0.1) is 0 Å². The Morgan fingerprint density at radius 2 is 1.83 bits per heavy atom. The number of hydrogen-bond acceptors (Lipinski definition) is 4. The van der Waals surface area contributed by atoms with Gasteiger partial charge in [-0.05, 0) is 34.7 Å². The maximum atomic E-state index is 10.4. The lowest BCUT2D eigenvalue weighted by Crippen LogP contribution is -1.96. The molecule has 12 heavy (non-hydrogen) atoms. The highest BCUT2D eigenvalue weighted by Gasteiger charge is 2.13. The standard InChI is InChI=1S/C7H5N3O2/c11-7(12)5-1-3-6(4-2-5)10-8-9-10/h1-4H,(H,11,12). The summed E-state index contributed by atoms with van der Waals surface area (Å²) in [6.07, 6.45) is 0. The lowest BCUT2D eigenvalue weighted by molar-refractivity contribution is 0.0697. The highest BCUT2D eigenvalue weighted by Crippen LogP contribution is 2.22. The summed E-state index contributed by atoms with van der Waals surface area (Å²) in [7, 11) is 0. The molecule has 1 N–H and O–H groups in total. The van der Waals surface area contributed by atoms with Gasteiger partial charge >= 0.3 is 5.97 Å². The summed E-state index contributed by atoms with van der Waals surface area (Å²) in [6, 6.07) is 6.34. The second-order valence-corrected chi connectivity index (χ2v) is 2.32. The van der Waals surface area contributed by atoms with E-state index >= 15 is 0 Å². The van der Waals surface area contributed by atoms with Crippen LogP contribution in [0.2, 0.25) is 0 Å². The smallest absolute Gasteiger partial charge is 0.335 e. The molecule has 0 unspecified atom stereocenters. The number of hydrogen-bond donors (Lipinski definition) is 1. The zero-order chi connectivity index (χ0) is 8.55. The molecule has 5 heteroatoms. The van der Waals surface area contributed by atoms with Crippen LogP contribution in [0.25, 0.3) is 0 Å². The van der Waals surface area contributed by atoms with E-state index in [1.807, 2.05) is 0 Å². The van der Waals surface area contributed by atoms with Crippen LogP contribution in [0.4, 0.5) is 5.69 Å². The van der Waals surface area contributed by atoms with Crippen molar-refractivity contribution in [2.45, 2.75) is 0 Å². The molecule has 2 rings (SSSR count). The Balaban J connectivity index is 2.24. The molecule has 0 amide bonds. The largest absolute Gasteiger partial charge is 0.478 e. The van der Waals surface area contributed by atoms with E-state index in [0.29, 0.717) is 0 Å². The van der Waals surface area contributed by atoms with Gasteiger partial charge in [0.15, 0.2) is 0 Å². The fourth-order valence-corrected chi connectivity index (χ4v) is 0.861. The number of carbonyl (C=O) groups is 1. The SMILES string of the molecule is O=C(O)c1ccc(N2N=N2)cc1. The van der Waals surface area contributed by atoms with Crippen molar-refractivity contribution in [2.75, 3.05) is 5.12 Å². The van der Waals surface area contributed by atoms with Crippen molar-refractivity contribution in [3.05, 3.63) is 29.8 Å². The van der Waals surface area contributed by atoms with Crippen molar-refractivity contribution in [1.29, 1.82) is 0 Å². The highest BCUT2D eigenvalue weighted by molar-refractivity contribution is 5.88. The zero-order valence-corrected chi connectivity index (χ0v) is 6.01. The minimum absolute atomic E-state index is 0.264. The first-order valence-electron chi connectivity index (χ1n) is 3.32. The molecule has 0 saturated heterocycles. The number of carboxylic acid groups (broad SMARTS) is 1. The van der Waals surface area contributed by atoms with Crippen molar-refractivity contribution < 1.29 is 9.90 Å². The molecule has 1 aliphatic heterocycles. The fourth-order valence-electron chi connectivity index (χ4n) is 0.861. The Labute approximate surface area is 67.9 Å². The first-order valence-corrected chi connectivity index (χ1v) is 3.32. The van der Waals surface area contributed by atoms with Crippen molar-refractivity contribution >= 4 is 11.7 Å². The van der Waals surface area contributed by atoms with Crippen LogP contribution in [0.1, 0.15) is 10.4 Å². The molecule has 60 valence electrons. The molecular weight excluding hydrogens is 158 g/mol. The number of rotatable bonds is 2. The number of nitrogens with zero attached hydrogens (tertiary/aromatic N) is 3. The third-order valence-corrected chi connectivity index (χ3v) is 1.52. The first-order chi connectivity index (χ1) is 5.77. The summed E-state index contributed by atoms with van der Waals surface area (Å²) in [5.74, 6) is -0.929. The lowest BCUT2D eigenvalue weighted by atomic mass is 10.2. The van der Waals surface area contributed by atoms with Gasteiger partial charge in [-0.1, -0.05) is 0 Å². The number of benzene rings is 1. The predicted octanol–water partition coefficient (Wildman–Crippen LogP) is 1.49. The van der Waals surface area contributed by atoms with E-state index in [2.05, 4.69) is 10.4 Å². The van der Waals surface area contributed by atoms with E-state index in [1.165, 1.54) is 17.3 Å². The van der Waals surface area contributed by atoms with Crippen molar-refractivity contribution in [1.82, 2.24) is 0 Å². The lowest BCUT2D eigenvalue weighted by Gasteiger charge is -1.96. The van der Waals surface area contributed by atoms with Crippen LogP contribution in [0.5, 0.6) is 0 Å². The maximum Gasteiger partial charge on any atom is 0.335 e. The molecule has 5 nitrogen and oxygen atoms in total. The molecule has 1 heterocycles. The molecule has 0 aliphatic carbocycles. The third-order valence-electron chi connectivity index (χ3n) is 1.52. The predicted molar refractivity (Wildman–Crippen MR) is 40.7 cm³/mol. The van der Waals surface area contributed by atoms with Crippen LogP contribution >= 0.6 is 0 Å². The molecule has 0 saturated carbocycles. The normalized spacial score (nSPS) is 13.2. The topological polar surface area (TPSA) is 65.0 Å². The van der Waals surface area contributed by atoms with Crippen molar-refractivity contribution in [3.63, 3.8) is 0 Å². The Kier molecular flexibility index (Phi) is 1.30. The van der Waals surface area contributed by atoms with E-state index in [9.17, 15) is 4.79 Å². The quantitative estimate of drug-likeness (QED) is 0.718. The summed E-state index contributed by atoms with van der Waals surface area (Å²) in [5, 5.41) is 17.1. The van der Waals surface area contributed by atoms with Crippen molar-refractivity contribution in [2.24, 2.45) is 10.4 Å². The van der Waals surface area contributed by atoms with E-state index in [0.717, 1.165) is 5.69 Å². The molecule has 0 radical (unpaired) electrons. The van der Waals surface area contributed by atoms with Crippen molar-refractivity contribution in [3.8, 4) is 0 Å². The van der Waals surface area contributed by atoms with Gasteiger partial charge in [-0.15, -0.1) is 5.12 Å². The van der Waals surface area contributed by atoms with Crippen LogP contribution < -0.4 is 5.12 Å². The summed E-state index contributed by atoms with van der Waals surface area (Å²) < 4.78 is 0. The molecule has 0 fully saturated rings. The molecule has 1 aromatic rings. The molecule has 0 atom stereocenters. The summed E-state index contributed by atoms with van der Waals surface area (Å²) in [4.78, 5) is 10.4. The summed E-state index contributed by atoms with van der Waals surface area (Å²) in [5.41, 5.74) is 1.04. The van der Waals surface area contributed by atoms with Gasteiger partial charge in [0.05, 0.1) is 11.3 Å². The Hall–Kier alpha value is -1.91. The number of carboxylic acids is 1. The van der Waals surface area contributed by atoms with E-state index < -0.39 is 5.97 Å². The summed E-state index contributed by atoms with van der Waals surface area (Å²) >= 11 is 0. The second-order valence-electron chi connectivity index (χ2n) is 2.32. The number of aromatic carboxylic acids is 1. The Morgan fingerprint density at radius 3 is 2.25 bits per heavy atom. The molecule has 0 aromatic heterocycles. The number of anilines is 1.